The molecule has 3 rings (SSSR count). The molecule has 1 N–H and O–H groups in total. The van der Waals surface area contributed by atoms with Gasteiger partial charge in [0.2, 0.25) is 0 Å². The first-order chi connectivity index (χ1) is 13.1. The highest BCUT2D eigenvalue weighted by atomic mass is 16.5. The molecule has 3 aromatic rings. The van der Waals surface area contributed by atoms with E-state index in [1.165, 1.54) is 0 Å². The molecule has 1 aromatic heterocycles. The SMILES string of the molecule is COc1ccc2oc(C(=O)N[C@H](C=O)COCc3ccccc3C)cc2c1. The Bertz CT molecular complexity index is 947. The van der Waals surface area contributed by atoms with E-state index in [4.69, 9.17) is 13.9 Å². The number of methoxy groups -OCH3 is 1. The summed E-state index contributed by atoms with van der Waals surface area (Å²) in [5, 5.41) is 3.36. The number of amides is 1. The Morgan fingerprint density at radius 3 is 2.78 bits per heavy atom. The lowest BCUT2D eigenvalue weighted by molar-refractivity contribution is -0.110. The number of carbonyl (C=O) groups is 2. The van der Waals surface area contributed by atoms with Gasteiger partial charge in [-0.25, -0.2) is 0 Å². The van der Waals surface area contributed by atoms with Crippen LogP contribution in [0.5, 0.6) is 5.75 Å². The van der Waals surface area contributed by atoms with Crippen LogP contribution in [0, 0.1) is 6.92 Å². The van der Waals surface area contributed by atoms with Gasteiger partial charge in [0.05, 0.1) is 20.3 Å². The van der Waals surface area contributed by atoms with Gasteiger partial charge in [-0.3, -0.25) is 4.79 Å². The third kappa shape index (κ3) is 4.54. The molecule has 0 saturated carbocycles. The molecule has 6 heteroatoms. The fourth-order valence-corrected chi connectivity index (χ4v) is 2.68. The average molecular weight is 367 g/mol. The Kier molecular flexibility index (Phi) is 5.88. The molecule has 1 heterocycles. The normalized spacial score (nSPS) is 11.9. The second kappa shape index (κ2) is 8.51. The molecule has 0 aliphatic heterocycles. The van der Waals surface area contributed by atoms with Crippen molar-refractivity contribution in [1.29, 1.82) is 0 Å². The zero-order chi connectivity index (χ0) is 19.2. The van der Waals surface area contributed by atoms with Crippen LogP contribution in [0.2, 0.25) is 0 Å². The molecule has 0 fully saturated rings. The Labute approximate surface area is 157 Å². The average Bonchev–Trinajstić information content (AvgIpc) is 3.11. The van der Waals surface area contributed by atoms with Crippen molar-refractivity contribution < 1.29 is 23.5 Å². The molecule has 6 nitrogen and oxygen atoms in total. The summed E-state index contributed by atoms with van der Waals surface area (Å²) >= 11 is 0. The van der Waals surface area contributed by atoms with Gasteiger partial charge in [0.1, 0.15) is 23.7 Å². The molecule has 0 spiro atoms. The van der Waals surface area contributed by atoms with E-state index in [0.717, 1.165) is 16.5 Å². The molecule has 27 heavy (non-hydrogen) atoms. The largest absolute Gasteiger partial charge is 0.497 e. The molecular weight excluding hydrogens is 346 g/mol. The summed E-state index contributed by atoms with van der Waals surface area (Å²) in [6.07, 6.45) is 0.654. The van der Waals surface area contributed by atoms with Crippen molar-refractivity contribution in [3.05, 3.63) is 65.4 Å². The van der Waals surface area contributed by atoms with Crippen molar-refractivity contribution in [2.24, 2.45) is 0 Å². The Morgan fingerprint density at radius 2 is 2.04 bits per heavy atom. The van der Waals surface area contributed by atoms with E-state index in [2.05, 4.69) is 5.32 Å². The Morgan fingerprint density at radius 1 is 1.22 bits per heavy atom. The number of carbonyl (C=O) groups excluding carboxylic acids is 2. The van der Waals surface area contributed by atoms with Crippen LogP contribution in [-0.2, 0) is 16.1 Å². The summed E-state index contributed by atoms with van der Waals surface area (Å²) in [5.41, 5.74) is 2.72. The van der Waals surface area contributed by atoms with Crippen molar-refractivity contribution in [2.45, 2.75) is 19.6 Å². The summed E-state index contributed by atoms with van der Waals surface area (Å²) in [4.78, 5) is 23.7. The second-order valence-electron chi connectivity index (χ2n) is 6.17. The van der Waals surface area contributed by atoms with Crippen molar-refractivity contribution >= 4 is 23.2 Å². The molecule has 0 radical (unpaired) electrons. The minimum atomic E-state index is -0.760. The highest BCUT2D eigenvalue weighted by Crippen LogP contribution is 2.24. The first-order valence-electron chi connectivity index (χ1n) is 8.56. The van der Waals surface area contributed by atoms with Crippen molar-refractivity contribution in [3.8, 4) is 5.75 Å². The van der Waals surface area contributed by atoms with Gasteiger partial charge in [0, 0.05) is 5.39 Å². The Hall–Kier alpha value is -3.12. The van der Waals surface area contributed by atoms with Crippen LogP contribution in [-0.4, -0.2) is 32.0 Å². The van der Waals surface area contributed by atoms with Crippen LogP contribution in [0.4, 0.5) is 0 Å². The summed E-state index contributed by atoms with van der Waals surface area (Å²) in [5.74, 6) is 0.330. The topological polar surface area (TPSA) is 77.8 Å². The molecule has 140 valence electrons. The standard InChI is InChI=1S/C21H21NO5/c1-14-5-3-4-6-15(14)12-26-13-17(11-23)22-21(24)20-10-16-9-18(25-2)7-8-19(16)27-20/h3-11,17H,12-13H2,1-2H3,(H,22,24)/t17-/m1/s1. The Balaban J connectivity index is 1.59. The van der Waals surface area contributed by atoms with Crippen LogP contribution < -0.4 is 10.1 Å². The highest BCUT2D eigenvalue weighted by molar-refractivity contribution is 5.97. The van der Waals surface area contributed by atoms with E-state index >= 15 is 0 Å². The first-order valence-corrected chi connectivity index (χ1v) is 8.56. The maximum Gasteiger partial charge on any atom is 0.287 e. The fraction of sp³-hybridized carbons (Fsp3) is 0.238. The van der Waals surface area contributed by atoms with Gasteiger partial charge in [-0.05, 0) is 42.3 Å². The molecule has 0 aliphatic rings. The molecule has 0 saturated heterocycles. The maximum atomic E-state index is 12.4. The number of nitrogens with one attached hydrogen (secondary N) is 1. The molecule has 0 aliphatic carbocycles. The fourth-order valence-electron chi connectivity index (χ4n) is 2.68. The lowest BCUT2D eigenvalue weighted by Gasteiger charge is -2.13. The van der Waals surface area contributed by atoms with E-state index in [9.17, 15) is 9.59 Å². The van der Waals surface area contributed by atoms with Gasteiger partial charge in [0.25, 0.3) is 5.91 Å². The number of hydrogen-bond donors (Lipinski definition) is 1. The zero-order valence-electron chi connectivity index (χ0n) is 15.2. The van der Waals surface area contributed by atoms with Crippen LogP contribution in [0.15, 0.2) is 52.9 Å². The quantitative estimate of drug-likeness (QED) is 0.618. The van der Waals surface area contributed by atoms with Gasteiger partial charge >= 0.3 is 0 Å². The van der Waals surface area contributed by atoms with E-state index in [0.29, 0.717) is 24.2 Å². The van der Waals surface area contributed by atoms with Crippen LogP contribution in [0.25, 0.3) is 11.0 Å². The minimum absolute atomic E-state index is 0.0810. The predicted molar refractivity (Wildman–Crippen MR) is 101 cm³/mol. The molecule has 1 atom stereocenters. The van der Waals surface area contributed by atoms with Gasteiger partial charge in [-0.1, -0.05) is 24.3 Å². The number of benzene rings is 2. The van der Waals surface area contributed by atoms with E-state index in [-0.39, 0.29) is 12.4 Å². The lowest BCUT2D eigenvalue weighted by atomic mass is 10.1. The highest BCUT2D eigenvalue weighted by Gasteiger charge is 2.17. The van der Waals surface area contributed by atoms with Gasteiger partial charge in [-0.15, -0.1) is 0 Å². The number of aldehydes is 1. The van der Waals surface area contributed by atoms with Crippen molar-refractivity contribution in [3.63, 3.8) is 0 Å². The number of ether oxygens (including phenoxy) is 2. The summed E-state index contributed by atoms with van der Waals surface area (Å²) in [7, 11) is 1.57. The molecule has 0 unspecified atom stereocenters. The summed E-state index contributed by atoms with van der Waals surface area (Å²) < 4.78 is 16.3. The monoisotopic (exact) mass is 367 g/mol. The van der Waals surface area contributed by atoms with Gasteiger partial charge in [0.15, 0.2) is 5.76 Å². The zero-order valence-corrected chi connectivity index (χ0v) is 15.2. The number of hydrogen-bond acceptors (Lipinski definition) is 5. The number of fused-ring (bicyclic) bond motifs is 1. The summed E-state index contributed by atoms with van der Waals surface area (Å²) in [6, 6.07) is 14.0. The second-order valence-corrected chi connectivity index (χ2v) is 6.17. The predicted octanol–water partition coefficient (Wildman–Crippen LogP) is 3.26. The van der Waals surface area contributed by atoms with Crippen molar-refractivity contribution in [2.75, 3.05) is 13.7 Å². The van der Waals surface area contributed by atoms with E-state index in [1.54, 1.807) is 31.4 Å². The lowest BCUT2D eigenvalue weighted by Crippen LogP contribution is -2.39. The molecular formula is C21H21NO5. The van der Waals surface area contributed by atoms with Gasteiger partial charge in [-0.2, -0.15) is 0 Å². The number of rotatable bonds is 8. The third-order valence-corrected chi connectivity index (χ3v) is 4.24. The first kappa shape index (κ1) is 18.7. The summed E-state index contributed by atoms with van der Waals surface area (Å²) in [6.45, 7) is 2.45. The van der Waals surface area contributed by atoms with Crippen LogP contribution in [0.1, 0.15) is 21.7 Å². The number of furan rings is 1. The van der Waals surface area contributed by atoms with E-state index in [1.807, 2.05) is 31.2 Å². The van der Waals surface area contributed by atoms with Crippen LogP contribution >= 0.6 is 0 Å². The van der Waals surface area contributed by atoms with Gasteiger partial charge < -0.3 is 24.0 Å². The molecule has 2 aromatic carbocycles. The van der Waals surface area contributed by atoms with E-state index < -0.39 is 11.9 Å². The molecule has 1 amide bonds. The smallest absolute Gasteiger partial charge is 0.287 e. The molecule has 0 bridgehead atoms. The minimum Gasteiger partial charge on any atom is -0.497 e. The third-order valence-electron chi connectivity index (χ3n) is 4.24. The van der Waals surface area contributed by atoms with Crippen molar-refractivity contribution in [1.82, 2.24) is 5.32 Å². The maximum absolute atomic E-state index is 12.4. The number of aryl methyl sites for hydroxylation is 1. The van der Waals surface area contributed by atoms with Crippen LogP contribution in [0.3, 0.4) is 0 Å².